The summed E-state index contributed by atoms with van der Waals surface area (Å²) in [6, 6.07) is 0. The van der Waals surface area contributed by atoms with Crippen molar-refractivity contribution in [1.82, 2.24) is 0 Å². The Balaban J connectivity index is 3.68. The van der Waals surface area contributed by atoms with E-state index >= 15 is 0 Å². The molecule has 0 saturated heterocycles. The highest BCUT2D eigenvalue weighted by Gasteiger charge is 2.20. The van der Waals surface area contributed by atoms with Gasteiger partial charge in [0.1, 0.15) is 0 Å². The fourth-order valence-electron chi connectivity index (χ4n) is 0.188. The van der Waals surface area contributed by atoms with Crippen molar-refractivity contribution in [3.8, 4) is 0 Å². The molecular weight excluding hydrogens is 208 g/mol. The summed E-state index contributed by atoms with van der Waals surface area (Å²) >= 11 is 0. The Morgan fingerprint density at radius 2 is 1.17 bits per heavy atom. The fourth-order valence-corrected chi connectivity index (χ4v) is 1.69. The van der Waals surface area contributed by atoms with Gasteiger partial charge in [0.2, 0.25) is 10.9 Å². The summed E-state index contributed by atoms with van der Waals surface area (Å²) in [7, 11) is 0.726. The van der Waals surface area contributed by atoms with Crippen LogP contribution in [0.2, 0.25) is 0 Å². The van der Waals surface area contributed by atoms with Crippen molar-refractivity contribution >= 4 is 33.5 Å². The van der Waals surface area contributed by atoms with E-state index in [-0.39, 0.29) is 0 Å². The molecule has 2 atom stereocenters. The second-order valence-corrected chi connectivity index (χ2v) is 4.01. The number of aliphatic carboxylic acids is 2. The van der Waals surface area contributed by atoms with Crippen molar-refractivity contribution in [1.29, 1.82) is 0 Å². The molecule has 0 aromatic rings. The number of rotatable bonds is 5. The van der Waals surface area contributed by atoms with Gasteiger partial charge in [0.05, 0.1) is 0 Å². The zero-order valence-corrected chi connectivity index (χ0v) is 7.21. The number of hydrogen-bond donors (Lipinski definition) is 4. The van der Waals surface area contributed by atoms with Crippen LogP contribution in [0.1, 0.15) is 0 Å². The van der Waals surface area contributed by atoms with E-state index in [2.05, 4.69) is 0 Å². The topological polar surface area (TPSA) is 115 Å². The van der Waals surface area contributed by atoms with Crippen molar-refractivity contribution in [2.75, 3.05) is 0 Å². The third-order valence-electron chi connectivity index (χ3n) is 0.660. The van der Waals surface area contributed by atoms with E-state index in [1.807, 2.05) is 0 Å². The van der Waals surface area contributed by atoms with Crippen LogP contribution < -0.4 is 0 Å². The lowest BCUT2D eigenvalue weighted by atomic mass is 10.7. The number of hydrogen-bond acceptors (Lipinski definition) is 6. The second-order valence-electron chi connectivity index (χ2n) is 1.57. The molecule has 0 aromatic carbocycles. The first-order chi connectivity index (χ1) is 5.45. The number of aliphatic hydroxyl groups excluding tert-OH is 2. The first kappa shape index (κ1) is 11.6. The Hall–Kier alpha value is -0.440. The van der Waals surface area contributed by atoms with Crippen LogP contribution in [0.25, 0.3) is 0 Å². The lowest BCUT2D eigenvalue weighted by Crippen LogP contribution is -2.17. The van der Waals surface area contributed by atoms with Gasteiger partial charge < -0.3 is 20.4 Å². The van der Waals surface area contributed by atoms with Gasteiger partial charge in [-0.05, 0) is 21.6 Å². The van der Waals surface area contributed by atoms with Crippen molar-refractivity contribution in [2.24, 2.45) is 0 Å². The van der Waals surface area contributed by atoms with Crippen LogP contribution in [0.3, 0.4) is 0 Å². The van der Waals surface area contributed by atoms with Crippen molar-refractivity contribution in [3.05, 3.63) is 0 Å². The molecular formula is C4H6O6S2. The van der Waals surface area contributed by atoms with Crippen LogP contribution in [0.5, 0.6) is 0 Å². The quantitative estimate of drug-likeness (QED) is 0.346. The van der Waals surface area contributed by atoms with Crippen molar-refractivity contribution in [2.45, 2.75) is 10.9 Å². The van der Waals surface area contributed by atoms with Gasteiger partial charge >= 0.3 is 11.9 Å². The van der Waals surface area contributed by atoms with E-state index in [1.54, 1.807) is 0 Å². The minimum atomic E-state index is -1.73. The molecule has 12 heavy (non-hydrogen) atoms. The van der Waals surface area contributed by atoms with Gasteiger partial charge in [0.15, 0.2) is 0 Å². The molecule has 0 amide bonds. The molecule has 70 valence electrons. The maximum absolute atomic E-state index is 9.97. The van der Waals surface area contributed by atoms with Crippen LogP contribution >= 0.6 is 21.6 Å². The van der Waals surface area contributed by atoms with Crippen molar-refractivity contribution in [3.63, 3.8) is 0 Å². The lowest BCUT2D eigenvalue weighted by Gasteiger charge is -2.05. The third kappa shape index (κ3) is 4.44. The number of carboxylic acid groups (broad SMARTS) is 2. The molecule has 0 aliphatic carbocycles. The van der Waals surface area contributed by atoms with E-state index in [9.17, 15) is 9.59 Å². The molecule has 0 aromatic heterocycles. The largest absolute Gasteiger partial charge is 0.479 e. The Morgan fingerprint density at radius 3 is 1.33 bits per heavy atom. The van der Waals surface area contributed by atoms with E-state index in [0.29, 0.717) is 21.6 Å². The Kier molecular flexibility index (Phi) is 5.06. The molecule has 0 rings (SSSR count). The summed E-state index contributed by atoms with van der Waals surface area (Å²) in [5.41, 5.74) is -3.46. The van der Waals surface area contributed by atoms with E-state index in [0.717, 1.165) is 0 Å². The highest BCUT2D eigenvalue weighted by Crippen LogP contribution is 2.28. The Labute approximate surface area is 75.0 Å². The minimum absolute atomic E-state index is 0.363. The summed E-state index contributed by atoms with van der Waals surface area (Å²) in [5.74, 6) is -2.96. The molecule has 0 bridgehead atoms. The molecule has 0 aliphatic rings. The number of carbonyl (C=O) groups is 2. The molecule has 0 spiro atoms. The lowest BCUT2D eigenvalue weighted by molar-refractivity contribution is -0.142. The summed E-state index contributed by atoms with van der Waals surface area (Å²) in [6.07, 6.45) is 0. The van der Waals surface area contributed by atoms with Crippen LogP contribution in [0, 0.1) is 0 Å². The standard InChI is InChI=1S/C4H6O6S2/c5-1(6)3(9)11-12-4(10)2(7)8/h3-4,9-10H,(H,5,6)(H,7,8)/t3-,4-/m1/s1. The first-order valence-corrected chi connectivity index (χ1v) is 4.86. The third-order valence-corrected chi connectivity index (χ3v) is 2.97. The van der Waals surface area contributed by atoms with Gasteiger partial charge in [0, 0.05) is 0 Å². The predicted octanol–water partition coefficient (Wildman–Crippen LogP) is -0.826. The fraction of sp³-hybridized carbons (Fsp3) is 0.500. The van der Waals surface area contributed by atoms with Crippen LogP contribution in [-0.2, 0) is 9.59 Å². The molecule has 4 N–H and O–H groups in total. The highest BCUT2D eigenvalue weighted by atomic mass is 33.1. The van der Waals surface area contributed by atoms with E-state index in [4.69, 9.17) is 20.4 Å². The molecule has 0 unspecified atom stereocenters. The summed E-state index contributed by atoms with van der Waals surface area (Å²) in [4.78, 5) is 19.9. The summed E-state index contributed by atoms with van der Waals surface area (Å²) in [5, 5.41) is 33.4. The Bertz CT molecular complexity index is 162. The van der Waals surface area contributed by atoms with Crippen LogP contribution in [-0.4, -0.2) is 43.2 Å². The van der Waals surface area contributed by atoms with E-state index in [1.165, 1.54) is 0 Å². The van der Waals surface area contributed by atoms with Gasteiger partial charge in [0.25, 0.3) is 0 Å². The molecule has 0 aliphatic heterocycles. The van der Waals surface area contributed by atoms with Crippen LogP contribution in [0.4, 0.5) is 0 Å². The molecule has 6 nitrogen and oxygen atoms in total. The summed E-state index contributed by atoms with van der Waals surface area (Å²) < 4.78 is 0. The molecule has 0 saturated carbocycles. The van der Waals surface area contributed by atoms with Crippen molar-refractivity contribution < 1.29 is 30.0 Å². The van der Waals surface area contributed by atoms with Gasteiger partial charge in [-0.3, -0.25) is 0 Å². The normalized spacial score (nSPS) is 15.2. The molecule has 0 heterocycles. The smallest absolute Gasteiger partial charge is 0.344 e. The maximum Gasteiger partial charge on any atom is 0.344 e. The minimum Gasteiger partial charge on any atom is -0.479 e. The average Bonchev–Trinajstić information content (AvgIpc) is 1.98. The van der Waals surface area contributed by atoms with E-state index < -0.39 is 22.8 Å². The molecule has 8 heteroatoms. The highest BCUT2D eigenvalue weighted by molar-refractivity contribution is 8.77. The van der Waals surface area contributed by atoms with Gasteiger partial charge in [-0.15, -0.1) is 0 Å². The number of carboxylic acids is 2. The second kappa shape index (κ2) is 5.25. The number of aliphatic hydroxyl groups is 2. The monoisotopic (exact) mass is 214 g/mol. The average molecular weight is 214 g/mol. The zero-order valence-electron chi connectivity index (χ0n) is 5.58. The first-order valence-electron chi connectivity index (χ1n) is 2.59. The predicted molar refractivity (Wildman–Crippen MR) is 42.5 cm³/mol. The summed E-state index contributed by atoms with van der Waals surface area (Å²) in [6.45, 7) is 0. The van der Waals surface area contributed by atoms with Crippen LogP contribution in [0.15, 0.2) is 0 Å². The molecule has 0 fully saturated rings. The van der Waals surface area contributed by atoms with Gasteiger partial charge in [-0.2, -0.15) is 0 Å². The molecule has 0 radical (unpaired) electrons. The van der Waals surface area contributed by atoms with Gasteiger partial charge in [-0.1, -0.05) is 0 Å². The van der Waals surface area contributed by atoms with Gasteiger partial charge in [-0.25, -0.2) is 9.59 Å². The maximum atomic E-state index is 9.97. The zero-order chi connectivity index (χ0) is 9.72. The Morgan fingerprint density at radius 1 is 0.917 bits per heavy atom. The SMILES string of the molecule is O=C(O)[C@H](O)SS[C@@H](O)C(=O)O.